The minimum atomic E-state index is -3.92. The molecule has 0 bridgehead atoms. The number of aryl methyl sites for hydroxylation is 1. The van der Waals surface area contributed by atoms with Gasteiger partial charge in [-0.1, -0.05) is 41.4 Å². The van der Waals surface area contributed by atoms with E-state index < -0.39 is 15.5 Å². The molecule has 0 amide bonds. The van der Waals surface area contributed by atoms with E-state index in [1.165, 1.54) is 17.2 Å². The van der Waals surface area contributed by atoms with Crippen molar-refractivity contribution in [1.82, 2.24) is 5.06 Å². The first-order chi connectivity index (χ1) is 13.8. The Morgan fingerprint density at radius 1 is 1.07 bits per heavy atom. The van der Waals surface area contributed by atoms with Crippen molar-refractivity contribution in [1.29, 1.82) is 0 Å². The largest absolute Gasteiger partial charge is 0.465 e. The third-order valence-corrected chi connectivity index (χ3v) is 6.66. The minimum absolute atomic E-state index is 0.100. The highest BCUT2D eigenvalue weighted by atomic mass is 35.5. The monoisotopic (exact) mass is 437 g/mol. The van der Waals surface area contributed by atoms with Crippen LogP contribution in [0.4, 0.5) is 0 Å². The lowest BCUT2D eigenvalue weighted by Crippen LogP contribution is -2.48. The van der Waals surface area contributed by atoms with Gasteiger partial charge in [0.15, 0.2) is 0 Å². The second-order valence-electron chi connectivity index (χ2n) is 7.08. The summed E-state index contributed by atoms with van der Waals surface area (Å²) in [5.74, 6) is -0.316. The molecular weight excluding hydrogens is 414 g/mol. The van der Waals surface area contributed by atoms with E-state index in [9.17, 15) is 13.2 Å². The molecule has 6 nitrogen and oxygen atoms in total. The molecule has 0 aromatic heterocycles. The van der Waals surface area contributed by atoms with Gasteiger partial charge in [-0.2, -0.15) is 17.8 Å². The third kappa shape index (κ3) is 4.80. The van der Waals surface area contributed by atoms with Crippen molar-refractivity contribution in [2.24, 2.45) is 0 Å². The number of halogens is 1. The van der Waals surface area contributed by atoms with Crippen molar-refractivity contribution < 1.29 is 22.2 Å². The van der Waals surface area contributed by atoms with E-state index in [2.05, 4.69) is 0 Å². The molecule has 1 heterocycles. The smallest absolute Gasteiger partial charge is 0.316 e. The van der Waals surface area contributed by atoms with Gasteiger partial charge in [0.05, 0.1) is 16.9 Å². The average Bonchev–Trinajstić information content (AvgIpc) is 2.69. The van der Waals surface area contributed by atoms with E-state index in [4.69, 9.17) is 20.6 Å². The van der Waals surface area contributed by atoms with Crippen molar-refractivity contribution in [3.8, 4) is 0 Å². The number of nitrogens with zero attached hydrogens (tertiary/aromatic N) is 1. The molecule has 1 saturated heterocycles. The maximum absolute atomic E-state index is 12.8. The zero-order valence-electron chi connectivity index (χ0n) is 16.4. The van der Waals surface area contributed by atoms with Crippen molar-refractivity contribution in [2.45, 2.75) is 37.0 Å². The van der Waals surface area contributed by atoms with Crippen LogP contribution in [0.5, 0.6) is 0 Å². The Hall–Kier alpha value is -1.93. The van der Waals surface area contributed by atoms with E-state index in [1.807, 2.05) is 19.1 Å². The normalized spacial score (nSPS) is 17.1. The van der Waals surface area contributed by atoms with E-state index in [0.717, 1.165) is 11.1 Å². The number of piperidine rings is 1. The molecule has 2 aromatic rings. The highest BCUT2D eigenvalue weighted by Crippen LogP contribution is 2.38. The number of carbonyl (C=O) groups excluding carboxylic acids is 1. The van der Waals surface area contributed by atoms with Crippen LogP contribution < -0.4 is 0 Å². The Morgan fingerprint density at radius 3 is 2.21 bits per heavy atom. The molecule has 0 saturated carbocycles. The van der Waals surface area contributed by atoms with Gasteiger partial charge >= 0.3 is 16.1 Å². The van der Waals surface area contributed by atoms with Crippen LogP contribution in [0, 0.1) is 6.92 Å². The summed E-state index contributed by atoms with van der Waals surface area (Å²) in [5, 5.41) is 1.97. The number of rotatable bonds is 6. The van der Waals surface area contributed by atoms with Gasteiger partial charge in [0, 0.05) is 18.1 Å². The molecule has 156 valence electrons. The van der Waals surface area contributed by atoms with Crippen molar-refractivity contribution in [2.75, 3.05) is 19.7 Å². The lowest BCUT2D eigenvalue weighted by molar-refractivity contribution is -0.156. The molecule has 0 aliphatic carbocycles. The van der Waals surface area contributed by atoms with Crippen LogP contribution in [0.3, 0.4) is 0 Å². The van der Waals surface area contributed by atoms with Crippen LogP contribution in [0.1, 0.15) is 30.9 Å². The number of hydrogen-bond acceptors (Lipinski definition) is 6. The van der Waals surface area contributed by atoms with Crippen LogP contribution in [0.15, 0.2) is 53.4 Å². The lowest BCUT2D eigenvalue weighted by Gasteiger charge is -2.39. The molecule has 0 atom stereocenters. The van der Waals surface area contributed by atoms with Gasteiger partial charge in [-0.3, -0.25) is 4.79 Å². The van der Waals surface area contributed by atoms with Crippen molar-refractivity contribution in [3.63, 3.8) is 0 Å². The van der Waals surface area contributed by atoms with Gasteiger partial charge in [0.25, 0.3) is 0 Å². The maximum atomic E-state index is 12.8. The van der Waals surface area contributed by atoms with Gasteiger partial charge in [0.1, 0.15) is 0 Å². The van der Waals surface area contributed by atoms with E-state index >= 15 is 0 Å². The van der Waals surface area contributed by atoms with Gasteiger partial charge in [-0.15, -0.1) is 0 Å². The molecule has 0 N–H and O–H groups in total. The van der Waals surface area contributed by atoms with Crippen molar-refractivity contribution in [3.05, 3.63) is 64.7 Å². The number of ether oxygens (including phenoxy) is 1. The van der Waals surface area contributed by atoms with E-state index in [1.54, 1.807) is 31.2 Å². The molecule has 0 unspecified atom stereocenters. The van der Waals surface area contributed by atoms with Gasteiger partial charge in [-0.05, 0) is 56.5 Å². The lowest BCUT2D eigenvalue weighted by atomic mass is 9.73. The second-order valence-corrected chi connectivity index (χ2v) is 9.05. The fraction of sp³-hybridized carbons (Fsp3) is 0.381. The van der Waals surface area contributed by atoms with E-state index in [0.29, 0.717) is 17.9 Å². The summed E-state index contributed by atoms with van der Waals surface area (Å²) in [7, 11) is -3.92. The number of esters is 1. The Labute approximate surface area is 176 Å². The first kappa shape index (κ1) is 21.8. The summed E-state index contributed by atoms with van der Waals surface area (Å²) in [4.78, 5) is 12.9. The van der Waals surface area contributed by atoms with E-state index in [-0.39, 0.29) is 30.6 Å². The molecule has 0 spiro atoms. The average molecular weight is 438 g/mol. The van der Waals surface area contributed by atoms with Crippen molar-refractivity contribution >= 4 is 27.7 Å². The summed E-state index contributed by atoms with van der Waals surface area (Å²) >= 11 is 5.99. The summed E-state index contributed by atoms with van der Waals surface area (Å²) in [6, 6.07) is 13.6. The van der Waals surface area contributed by atoms with Gasteiger partial charge in [-0.25, -0.2) is 0 Å². The molecule has 2 aromatic carbocycles. The second kappa shape index (κ2) is 8.83. The molecule has 1 fully saturated rings. The van der Waals surface area contributed by atoms with Gasteiger partial charge < -0.3 is 4.74 Å². The maximum Gasteiger partial charge on any atom is 0.316 e. The molecule has 1 aliphatic heterocycles. The zero-order chi connectivity index (χ0) is 21.1. The number of hydroxylamine groups is 2. The Morgan fingerprint density at radius 2 is 1.66 bits per heavy atom. The fourth-order valence-electron chi connectivity index (χ4n) is 3.48. The predicted molar refractivity (Wildman–Crippen MR) is 110 cm³/mol. The Balaban J connectivity index is 1.77. The Bertz CT molecular complexity index is 950. The highest BCUT2D eigenvalue weighted by Gasteiger charge is 2.45. The quantitative estimate of drug-likeness (QED) is 0.639. The molecular formula is C21H24ClNO5S. The molecule has 1 aliphatic rings. The molecule has 0 radical (unpaired) electrons. The Kier molecular flexibility index (Phi) is 6.63. The topological polar surface area (TPSA) is 72.9 Å². The van der Waals surface area contributed by atoms with Crippen LogP contribution in [0.25, 0.3) is 0 Å². The summed E-state index contributed by atoms with van der Waals surface area (Å²) in [6.07, 6.45) is 0.744. The summed E-state index contributed by atoms with van der Waals surface area (Å²) in [5.41, 5.74) is 0.916. The fourth-order valence-corrected chi connectivity index (χ4v) is 4.59. The molecule has 3 rings (SSSR count). The number of benzene rings is 2. The molecule has 29 heavy (non-hydrogen) atoms. The SMILES string of the molecule is CCOC(=O)C1(c2ccc(Cl)cc2)CCN(OS(=O)(=O)c2ccc(C)cc2)CC1. The van der Waals surface area contributed by atoms with Crippen LogP contribution in [-0.2, 0) is 29.3 Å². The molecule has 8 heteroatoms. The summed E-state index contributed by atoms with van der Waals surface area (Å²) < 4.78 is 35.8. The van der Waals surface area contributed by atoms with Crippen LogP contribution in [0.2, 0.25) is 5.02 Å². The zero-order valence-corrected chi connectivity index (χ0v) is 18.0. The number of carbonyl (C=O) groups is 1. The van der Waals surface area contributed by atoms with Crippen LogP contribution in [-0.4, -0.2) is 39.1 Å². The van der Waals surface area contributed by atoms with Gasteiger partial charge in [0.2, 0.25) is 0 Å². The highest BCUT2D eigenvalue weighted by molar-refractivity contribution is 7.86. The predicted octanol–water partition coefficient (Wildman–Crippen LogP) is 3.87. The minimum Gasteiger partial charge on any atom is -0.465 e. The number of hydrogen-bond donors (Lipinski definition) is 0. The first-order valence-corrected chi connectivity index (χ1v) is 11.2. The third-order valence-electron chi connectivity index (χ3n) is 5.15. The first-order valence-electron chi connectivity index (χ1n) is 9.46. The summed E-state index contributed by atoms with van der Waals surface area (Å²) in [6.45, 7) is 4.46. The standard InChI is InChI=1S/C21H24ClNO5S/c1-3-27-20(24)21(17-6-8-18(22)9-7-17)12-14-23(15-13-21)28-29(25,26)19-10-4-16(2)5-11-19/h4-11H,3,12-15H2,1-2H3. The van der Waals surface area contributed by atoms with Crippen LogP contribution >= 0.6 is 11.6 Å².